The molecule has 35 heavy (non-hydrogen) atoms. The molecule has 0 saturated heterocycles. The molecule has 3 aromatic heterocycles. The summed E-state index contributed by atoms with van der Waals surface area (Å²) in [6.45, 7) is 18.1. The van der Waals surface area contributed by atoms with Gasteiger partial charge in [-0.15, -0.1) is 22.7 Å². The van der Waals surface area contributed by atoms with E-state index in [0.29, 0.717) is 0 Å². The highest BCUT2D eigenvalue weighted by molar-refractivity contribution is 7.16. The van der Waals surface area contributed by atoms with E-state index in [1.54, 1.807) is 0 Å². The fourth-order valence-electron chi connectivity index (χ4n) is 5.77. The minimum absolute atomic E-state index is 0.115. The molecule has 2 nitrogen and oxygen atoms in total. The highest BCUT2D eigenvalue weighted by Gasteiger charge is 2.43. The van der Waals surface area contributed by atoms with E-state index in [4.69, 9.17) is 0 Å². The summed E-state index contributed by atoms with van der Waals surface area (Å²) in [6.07, 6.45) is 0. The maximum Gasteiger partial charge on any atom is 0.107 e. The Kier molecular flexibility index (Phi) is 5.00. The fourth-order valence-corrected chi connectivity index (χ4v) is 8.84. The summed E-state index contributed by atoms with van der Waals surface area (Å²) in [5.74, 6) is 0. The first-order chi connectivity index (χ1) is 16.5. The van der Waals surface area contributed by atoms with E-state index in [1.807, 2.05) is 22.7 Å². The molecule has 0 radical (unpaired) electrons. The molecule has 0 N–H and O–H groups in total. The van der Waals surface area contributed by atoms with E-state index in [0.717, 1.165) is 11.0 Å². The topological polar surface area (TPSA) is 25.8 Å². The third kappa shape index (κ3) is 3.24. The van der Waals surface area contributed by atoms with E-state index in [1.165, 1.54) is 75.7 Å². The summed E-state index contributed by atoms with van der Waals surface area (Å²) >= 11 is 5.20. The van der Waals surface area contributed by atoms with Crippen LogP contribution in [-0.2, 0) is 10.8 Å². The quantitative estimate of drug-likeness (QED) is 0.206. The molecule has 0 bridgehead atoms. The predicted molar refractivity (Wildman–Crippen MR) is 154 cm³/mol. The van der Waals surface area contributed by atoms with Crippen LogP contribution in [-0.4, -0.2) is 8.75 Å². The van der Waals surface area contributed by atoms with Gasteiger partial charge in [0.15, 0.2) is 0 Å². The van der Waals surface area contributed by atoms with Crippen molar-refractivity contribution in [1.29, 1.82) is 0 Å². The molecule has 0 unspecified atom stereocenters. The standard InChI is InChI=1S/C22H22S2.C8H8N2S/c1-11-7-17-19(23-11)13-9-16-14(10-15(13)21(17,3)4)20-18(22(16,5)6)8-12(2)24-20;1-5-3-4-6(2)8-7(5)9-11-10-8/h7-10H,1-6H3;3-4H,1-2H3. The first-order valence-electron chi connectivity index (χ1n) is 12.1. The van der Waals surface area contributed by atoms with Crippen LogP contribution >= 0.6 is 34.4 Å². The lowest BCUT2D eigenvalue weighted by atomic mass is 9.79. The molecule has 2 aromatic carbocycles. The minimum Gasteiger partial charge on any atom is -0.173 e. The van der Waals surface area contributed by atoms with Gasteiger partial charge in [-0.3, -0.25) is 0 Å². The van der Waals surface area contributed by atoms with Gasteiger partial charge in [0.2, 0.25) is 0 Å². The van der Waals surface area contributed by atoms with Gasteiger partial charge in [0.1, 0.15) is 11.0 Å². The summed E-state index contributed by atoms with van der Waals surface area (Å²) in [5.41, 5.74) is 13.8. The van der Waals surface area contributed by atoms with E-state index in [2.05, 4.69) is 101 Å². The van der Waals surface area contributed by atoms with Crippen molar-refractivity contribution < 1.29 is 0 Å². The Labute approximate surface area is 220 Å². The van der Waals surface area contributed by atoms with Crippen LogP contribution in [0.5, 0.6) is 0 Å². The van der Waals surface area contributed by atoms with Crippen LogP contribution in [0.4, 0.5) is 0 Å². The summed E-state index contributed by atoms with van der Waals surface area (Å²) in [5, 5.41) is 0. The lowest BCUT2D eigenvalue weighted by Crippen LogP contribution is -2.16. The molecule has 2 aliphatic rings. The molecular weight excluding hydrogens is 485 g/mol. The van der Waals surface area contributed by atoms with E-state index < -0.39 is 0 Å². The molecule has 0 saturated carbocycles. The van der Waals surface area contributed by atoms with Crippen molar-refractivity contribution in [3.05, 3.63) is 79.5 Å². The Morgan fingerprint density at radius 3 is 1.37 bits per heavy atom. The van der Waals surface area contributed by atoms with Crippen molar-refractivity contribution in [2.45, 2.75) is 66.2 Å². The molecule has 0 spiro atoms. The van der Waals surface area contributed by atoms with Crippen molar-refractivity contribution in [3.63, 3.8) is 0 Å². The number of fused-ring (bicyclic) bond motifs is 7. The maximum absolute atomic E-state index is 4.21. The molecule has 0 aliphatic heterocycles. The molecule has 3 heterocycles. The Morgan fingerprint density at radius 2 is 0.971 bits per heavy atom. The number of benzene rings is 2. The Morgan fingerprint density at radius 1 is 0.571 bits per heavy atom. The molecule has 178 valence electrons. The Balaban J connectivity index is 0.000000174. The van der Waals surface area contributed by atoms with Crippen LogP contribution in [0.15, 0.2) is 36.4 Å². The number of aromatic nitrogens is 2. The van der Waals surface area contributed by atoms with Crippen LogP contribution in [0.3, 0.4) is 0 Å². The number of rotatable bonds is 0. The van der Waals surface area contributed by atoms with E-state index in [-0.39, 0.29) is 10.8 Å². The van der Waals surface area contributed by atoms with Gasteiger partial charge in [-0.05, 0) is 96.5 Å². The summed E-state index contributed by atoms with van der Waals surface area (Å²) in [6, 6.07) is 14.0. The van der Waals surface area contributed by atoms with Crippen molar-refractivity contribution in [2.75, 3.05) is 0 Å². The number of aryl methyl sites for hydroxylation is 4. The lowest BCUT2D eigenvalue weighted by Gasteiger charge is -2.24. The van der Waals surface area contributed by atoms with Crippen LogP contribution in [0.2, 0.25) is 0 Å². The monoisotopic (exact) mass is 514 g/mol. The first kappa shape index (κ1) is 23.1. The van der Waals surface area contributed by atoms with Gasteiger partial charge in [0, 0.05) is 30.3 Å². The SMILES string of the molecule is Cc1cc2c(s1)-c1cc3c(cc1C2(C)C)-c1sc(C)cc1C3(C)C.Cc1ccc(C)c2nsnc12. The van der Waals surface area contributed by atoms with Crippen molar-refractivity contribution in [2.24, 2.45) is 0 Å². The van der Waals surface area contributed by atoms with Crippen LogP contribution in [0.25, 0.3) is 31.9 Å². The first-order valence-corrected chi connectivity index (χ1v) is 14.5. The van der Waals surface area contributed by atoms with Crippen molar-refractivity contribution in [1.82, 2.24) is 8.75 Å². The van der Waals surface area contributed by atoms with Crippen molar-refractivity contribution >= 4 is 45.4 Å². The number of nitrogens with zero attached hydrogens (tertiary/aromatic N) is 2. The average Bonchev–Trinajstić information content (AvgIpc) is 3.58. The molecule has 0 atom stereocenters. The normalized spacial score (nSPS) is 15.9. The Hall–Kier alpha value is -2.34. The van der Waals surface area contributed by atoms with Crippen molar-refractivity contribution in [3.8, 4) is 20.9 Å². The molecule has 0 amide bonds. The highest BCUT2D eigenvalue weighted by atomic mass is 32.1. The van der Waals surface area contributed by atoms with Gasteiger partial charge in [0.25, 0.3) is 0 Å². The summed E-state index contributed by atoms with van der Waals surface area (Å²) in [7, 11) is 0. The lowest BCUT2D eigenvalue weighted by molar-refractivity contribution is 0.652. The molecule has 5 heteroatoms. The minimum atomic E-state index is 0.115. The summed E-state index contributed by atoms with van der Waals surface area (Å²) < 4.78 is 8.42. The Bertz CT molecular complexity index is 1520. The average molecular weight is 515 g/mol. The third-order valence-electron chi connectivity index (χ3n) is 7.87. The largest absolute Gasteiger partial charge is 0.173 e. The summed E-state index contributed by atoms with van der Waals surface area (Å²) in [4.78, 5) is 5.84. The zero-order valence-electron chi connectivity index (χ0n) is 21.6. The van der Waals surface area contributed by atoms with Gasteiger partial charge in [-0.25, -0.2) is 0 Å². The van der Waals surface area contributed by atoms with Crippen LogP contribution in [0, 0.1) is 27.7 Å². The van der Waals surface area contributed by atoms with Gasteiger partial charge in [-0.1, -0.05) is 39.8 Å². The van der Waals surface area contributed by atoms with Crippen LogP contribution in [0.1, 0.15) is 70.8 Å². The zero-order valence-corrected chi connectivity index (χ0v) is 24.0. The molecular formula is C30H30N2S3. The smallest absolute Gasteiger partial charge is 0.107 e. The second-order valence-corrected chi connectivity index (χ2v) is 14.1. The second-order valence-electron chi connectivity index (χ2n) is 11.1. The molecule has 2 aliphatic carbocycles. The van der Waals surface area contributed by atoms with Gasteiger partial charge in [-0.2, -0.15) is 8.75 Å². The fraction of sp³-hybridized carbons (Fsp3) is 0.333. The highest BCUT2D eigenvalue weighted by Crippen LogP contribution is 2.58. The number of thiophene rings is 2. The van der Waals surface area contributed by atoms with Gasteiger partial charge in [0.05, 0.1) is 11.7 Å². The zero-order chi connectivity index (χ0) is 24.9. The molecule has 0 fully saturated rings. The van der Waals surface area contributed by atoms with E-state index in [9.17, 15) is 0 Å². The molecule has 5 aromatic rings. The maximum atomic E-state index is 4.21. The van der Waals surface area contributed by atoms with Gasteiger partial charge < -0.3 is 0 Å². The van der Waals surface area contributed by atoms with Crippen LogP contribution < -0.4 is 0 Å². The third-order valence-corrected chi connectivity index (χ3v) is 10.6. The number of hydrogen-bond acceptors (Lipinski definition) is 5. The second kappa shape index (κ2) is 7.58. The predicted octanol–water partition coefficient (Wildman–Crippen LogP) is 9.35. The molecule has 7 rings (SSSR count). The number of hydrogen-bond donors (Lipinski definition) is 0. The van der Waals surface area contributed by atoms with Gasteiger partial charge >= 0.3 is 0 Å². The van der Waals surface area contributed by atoms with E-state index >= 15 is 0 Å².